The third-order valence-corrected chi connectivity index (χ3v) is 5.55. The van der Waals surface area contributed by atoms with Crippen molar-refractivity contribution in [3.8, 4) is 0 Å². The van der Waals surface area contributed by atoms with E-state index in [2.05, 4.69) is 46.5 Å². The number of hydrogen-bond acceptors (Lipinski definition) is 3. The number of nitrogens with one attached hydrogen (secondary N) is 1. The van der Waals surface area contributed by atoms with E-state index in [1.54, 1.807) is 4.68 Å². The van der Waals surface area contributed by atoms with Crippen LogP contribution in [0.1, 0.15) is 35.2 Å². The molecule has 1 aliphatic rings. The molecule has 0 bridgehead atoms. The van der Waals surface area contributed by atoms with Gasteiger partial charge < -0.3 is 5.32 Å². The van der Waals surface area contributed by atoms with Crippen molar-refractivity contribution < 1.29 is 0 Å². The van der Waals surface area contributed by atoms with Gasteiger partial charge >= 0.3 is 0 Å². The molecule has 4 nitrogen and oxygen atoms in total. The van der Waals surface area contributed by atoms with Crippen LogP contribution in [-0.4, -0.2) is 33.8 Å². The summed E-state index contributed by atoms with van der Waals surface area (Å²) in [6, 6.07) is 9.25. The number of rotatable bonds is 5. The van der Waals surface area contributed by atoms with E-state index in [9.17, 15) is 0 Å². The van der Waals surface area contributed by atoms with Gasteiger partial charge in [0.05, 0.1) is 5.69 Å². The van der Waals surface area contributed by atoms with Crippen molar-refractivity contribution in [1.82, 2.24) is 20.0 Å². The van der Waals surface area contributed by atoms with E-state index in [1.807, 2.05) is 14.0 Å². The average Bonchev–Trinajstić information content (AvgIpc) is 2.82. The van der Waals surface area contributed by atoms with Crippen LogP contribution in [0.15, 0.2) is 24.3 Å². The van der Waals surface area contributed by atoms with Gasteiger partial charge in [-0.25, -0.2) is 0 Å². The minimum Gasteiger partial charge on any atom is -0.310 e. The molecule has 1 aromatic heterocycles. The molecule has 0 unspecified atom stereocenters. The maximum absolute atomic E-state index is 6.31. The number of halogens is 1. The summed E-state index contributed by atoms with van der Waals surface area (Å²) < 4.78 is 1.75. The van der Waals surface area contributed by atoms with Gasteiger partial charge in [-0.2, -0.15) is 5.10 Å². The molecule has 0 saturated carbocycles. The summed E-state index contributed by atoms with van der Waals surface area (Å²) in [7, 11) is 1.89. The lowest BCUT2D eigenvalue weighted by molar-refractivity contribution is 0.190. The minimum absolute atomic E-state index is 0.564. The maximum Gasteiger partial charge on any atom is 0.131 e. The van der Waals surface area contributed by atoms with Crippen LogP contribution in [-0.2, 0) is 20.1 Å². The predicted molar refractivity (Wildman–Crippen MR) is 99.3 cm³/mol. The Morgan fingerprint density at radius 3 is 2.54 bits per heavy atom. The lowest BCUT2D eigenvalue weighted by Gasteiger charge is -2.32. The quantitative estimate of drug-likeness (QED) is 0.900. The number of hydrogen-bond donors (Lipinski definition) is 1. The van der Waals surface area contributed by atoms with Gasteiger partial charge in [0.2, 0.25) is 0 Å². The summed E-state index contributed by atoms with van der Waals surface area (Å²) in [4.78, 5) is 2.56. The van der Waals surface area contributed by atoms with Crippen LogP contribution in [0.3, 0.4) is 0 Å². The molecular formula is C19H27ClN4. The molecule has 0 radical (unpaired) electrons. The summed E-state index contributed by atoms with van der Waals surface area (Å²) in [5.74, 6) is 0. The smallest absolute Gasteiger partial charge is 0.131 e. The van der Waals surface area contributed by atoms with Gasteiger partial charge in [0.1, 0.15) is 5.15 Å². The third kappa shape index (κ3) is 4.00. The standard InChI is InChI=1S/C19H27ClN4/c1-14-6-4-5-7-16(14)13-24-10-8-17(9-11-24)21-12-18-15(2)22-23(3)19(18)20/h4-7,17,21H,8-13H2,1-3H3. The van der Waals surface area contributed by atoms with E-state index < -0.39 is 0 Å². The number of likely N-dealkylation sites (tertiary alicyclic amines) is 1. The summed E-state index contributed by atoms with van der Waals surface area (Å²) >= 11 is 6.31. The molecule has 3 rings (SSSR count). The highest BCUT2D eigenvalue weighted by molar-refractivity contribution is 6.30. The second kappa shape index (κ2) is 7.68. The molecule has 0 aliphatic carbocycles. The molecule has 1 fully saturated rings. The lowest BCUT2D eigenvalue weighted by Crippen LogP contribution is -2.42. The highest BCUT2D eigenvalue weighted by Gasteiger charge is 2.20. The first kappa shape index (κ1) is 17.5. The van der Waals surface area contributed by atoms with Gasteiger partial charge in [0.25, 0.3) is 0 Å². The zero-order valence-corrected chi connectivity index (χ0v) is 15.6. The molecule has 0 amide bonds. The first-order chi connectivity index (χ1) is 11.5. The zero-order valence-electron chi connectivity index (χ0n) is 14.8. The molecular weight excluding hydrogens is 320 g/mol. The van der Waals surface area contributed by atoms with Gasteiger partial charge in [0.15, 0.2) is 0 Å². The Kier molecular flexibility index (Phi) is 5.59. The normalized spacial score (nSPS) is 16.7. The summed E-state index contributed by atoms with van der Waals surface area (Å²) in [5, 5.41) is 8.79. The molecule has 0 atom stereocenters. The lowest BCUT2D eigenvalue weighted by atomic mass is 10.0. The molecule has 5 heteroatoms. The number of piperidine rings is 1. The van der Waals surface area contributed by atoms with Crippen molar-refractivity contribution in [1.29, 1.82) is 0 Å². The van der Waals surface area contributed by atoms with Crippen LogP contribution < -0.4 is 5.32 Å². The SMILES string of the molecule is Cc1ccccc1CN1CCC(NCc2c(C)nn(C)c2Cl)CC1. The fraction of sp³-hybridized carbons (Fsp3) is 0.526. The van der Waals surface area contributed by atoms with E-state index in [4.69, 9.17) is 11.6 Å². The van der Waals surface area contributed by atoms with Gasteiger partial charge in [-0.3, -0.25) is 9.58 Å². The van der Waals surface area contributed by atoms with Crippen molar-refractivity contribution in [2.24, 2.45) is 7.05 Å². The van der Waals surface area contributed by atoms with Crippen molar-refractivity contribution in [3.05, 3.63) is 51.8 Å². The third-order valence-electron chi connectivity index (χ3n) is 5.08. The second-order valence-electron chi connectivity index (χ2n) is 6.84. The number of benzene rings is 1. The highest BCUT2D eigenvalue weighted by atomic mass is 35.5. The number of aryl methyl sites for hydroxylation is 3. The predicted octanol–water partition coefficient (Wildman–Crippen LogP) is 3.44. The first-order valence-electron chi connectivity index (χ1n) is 8.73. The van der Waals surface area contributed by atoms with Crippen molar-refractivity contribution in [2.75, 3.05) is 13.1 Å². The maximum atomic E-state index is 6.31. The molecule has 130 valence electrons. The Balaban J connectivity index is 1.48. The van der Waals surface area contributed by atoms with Gasteiger partial charge in [-0.05, 0) is 50.9 Å². The van der Waals surface area contributed by atoms with Gasteiger partial charge in [-0.15, -0.1) is 0 Å². The summed E-state index contributed by atoms with van der Waals surface area (Å²) in [6.45, 7) is 8.38. The van der Waals surface area contributed by atoms with E-state index in [-0.39, 0.29) is 0 Å². The average molecular weight is 347 g/mol. The molecule has 1 saturated heterocycles. The van der Waals surface area contributed by atoms with Gasteiger partial charge in [0, 0.05) is 31.7 Å². The molecule has 2 aromatic rings. The Hall–Kier alpha value is -1.36. The van der Waals surface area contributed by atoms with E-state index in [0.29, 0.717) is 6.04 Å². The van der Waals surface area contributed by atoms with Crippen LogP contribution >= 0.6 is 11.6 Å². The van der Waals surface area contributed by atoms with Gasteiger partial charge in [-0.1, -0.05) is 35.9 Å². The van der Waals surface area contributed by atoms with Crippen molar-refractivity contribution >= 4 is 11.6 Å². The topological polar surface area (TPSA) is 33.1 Å². The molecule has 1 N–H and O–H groups in total. The van der Waals surface area contributed by atoms with Crippen LogP contribution in [0.5, 0.6) is 0 Å². The van der Waals surface area contributed by atoms with Crippen LogP contribution in [0.25, 0.3) is 0 Å². The van der Waals surface area contributed by atoms with Crippen LogP contribution in [0.4, 0.5) is 0 Å². The minimum atomic E-state index is 0.564. The first-order valence-corrected chi connectivity index (χ1v) is 9.10. The summed E-state index contributed by atoms with van der Waals surface area (Å²) in [6.07, 6.45) is 2.37. The number of aromatic nitrogens is 2. The van der Waals surface area contributed by atoms with Crippen molar-refractivity contribution in [3.63, 3.8) is 0 Å². The zero-order chi connectivity index (χ0) is 17.1. The summed E-state index contributed by atoms with van der Waals surface area (Å²) in [5.41, 5.74) is 4.98. The fourth-order valence-corrected chi connectivity index (χ4v) is 3.69. The van der Waals surface area contributed by atoms with Crippen LogP contribution in [0.2, 0.25) is 5.15 Å². The molecule has 0 spiro atoms. The Bertz CT molecular complexity index is 687. The van der Waals surface area contributed by atoms with E-state index in [0.717, 1.165) is 42.6 Å². The Labute approximate surface area is 149 Å². The molecule has 1 aromatic carbocycles. The Morgan fingerprint density at radius 1 is 1.21 bits per heavy atom. The van der Waals surface area contributed by atoms with Crippen LogP contribution in [0, 0.1) is 13.8 Å². The molecule has 24 heavy (non-hydrogen) atoms. The number of nitrogens with zero attached hydrogens (tertiary/aromatic N) is 3. The van der Waals surface area contributed by atoms with Crippen molar-refractivity contribution in [2.45, 2.75) is 45.8 Å². The molecule has 2 heterocycles. The highest BCUT2D eigenvalue weighted by Crippen LogP contribution is 2.20. The van der Waals surface area contributed by atoms with E-state index in [1.165, 1.54) is 24.0 Å². The fourth-order valence-electron chi connectivity index (χ4n) is 3.44. The molecule has 1 aliphatic heterocycles. The Morgan fingerprint density at radius 2 is 1.92 bits per heavy atom. The van der Waals surface area contributed by atoms with E-state index >= 15 is 0 Å². The monoisotopic (exact) mass is 346 g/mol. The second-order valence-corrected chi connectivity index (χ2v) is 7.19. The largest absolute Gasteiger partial charge is 0.310 e.